The molecule has 0 radical (unpaired) electrons. The molecule has 3 amide bonds. The molecule has 1 saturated heterocycles. The Morgan fingerprint density at radius 3 is 2.09 bits per heavy atom. The second-order valence-electron chi connectivity index (χ2n) is 5.06. The highest BCUT2D eigenvalue weighted by Crippen LogP contribution is 2.19. The number of hydrogen-bond donors (Lipinski definition) is 1. The van der Waals surface area contributed by atoms with Gasteiger partial charge in [-0.05, 0) is 41.5 Å². The number of benzene rings is 2. The van der Waals surface area contributed by atoms with E-state index in [1.807, 2.05) is 0 Å². The predicted octanol–water partition coefficient (Wildman–Crippen LogP) is 4.09. The van der Waals surface area contributed by atoms with E-state index in [9.17, 15) is 9.59 Å². The lowest BCUT2D eigenvalue weighted by molar-refractivity contribution is -0.123. The van der Waals surface area contributed by atoms with Crippen molar-refractivity contribution in [1.29, 1.82) is 0 Å². The maximum atomic E-state index is 12.4. The molecule has 0 aliphatic carbocycles. The topological polar surface area (TPSA) is 49.4 Å². The first-order valence-corrected chi connectivity index (χ1v) is 7.63. The molecule has 6 heteroatoms. The van der Waals surface area contributed by atoms with Crippen LogP contribution in [0.5, 0.6) is 0 Å². The number of nitrogens with zero attached hydrogens (tertiary/aromatic N) is 1. The Hall–Kier alpha value is -2.30. The Labute approximate surface area is 143 Å². The molecule has 1 aliphatic heterocycles. The Morgan fingerprint density at radius 2 is 1.48 bits per heavy atom. The number of nitrogens with one attached hydrogen (secondary N) is 1. The van der Waals surface area contributed by atoms with Gasteiger partial charge in [0.05, 0.1) is 6.54 Å². The lowest BCUT2D eigenvalue weighted by atomic mass is 10.2. The number of urea groups is 1. The van der Waals surface area contributed by atoms with Gasteiger partial charge in [0.2, 0.25) is 0 Å². The standard InChI is InChI=1S/C17H12Cl2N2O2/c18-13-5-1-11(2-6-13)9-15-16(22)21(17(23)20-15)10-12-3-7-14(19)8-4-12/h1-9H,10H2,(H,20,23)/b15-9-. The van der Waals surface area contributed by atoms with Gasteiger partial charge in [-0.3, -0.25) is 9.69 Å². The summed E-state index contributed by atoms with van der Waals surface area (Å²) in [7, 11) is 0. The summed E-state index contributed by atoms with van der Waals surface area (Å²) in [5, 5.41) is 3.80. The van der Waals surface area contributed by atoms with Crippen molar-refractivity contribution in [2.75, 3.05) is 0 Å². The van der Waals surface area contributed by atoms with E-state index in [2.05, 4.69) is 5.32 Å². The molecular formula is C17H12Cl2N2O2. The van der Waals surface area contributed by atoms with Crippen LogP contribution >= 0.6 is 23.2 Å². The third-order valence-electron chi connectivity index (χ3n) is 3.40. The third-order valence-corrected chi connectivity index (χ3v) is 3.90. The van der Waals surface area contributed by atoms with E-state index in [0.29, 0.717) is 10.0 Å². The number of amides is 3. The number of carbonyl (C=O) groups excluding carboxylic acids is 2. The highest BCUT2D eigenvalue weighted by atomic mass is 35.5. The summed E-state index contributed by atoms with van der Waals surface area (Å²) >= 11 is 11.7. The van der Waals surface area contributed by atoms with Gasteiger partial charge in [0.25, 0.3) is 5.91 Å². The molecule has 0 unspecified atom stereocenters. The summed E-state index contributed by atoms with van der Waals surface area (Å²) in [4.78, 5) is 25.6. The number of halogens is 2. The zero-order valence-corrected chi connectivity index (χ0v) is 13.4. The van der Waals surface area contributed by atoms with Crippen LogP contribution < -0.4 is 5.32 Å². The molecule has 1 aliphatic rings. The maximum Gasteiger partial charge on any atom is 0.329 e. The number of imide groups is 1. The highest BCUT2D eigenvalue weighted by Gasteiger charge is 2.33. The van der Waals surface area contributed by atoms with Gasteiger partial charge in [-0.15, -0.1) is 0 Å². The van der Waals surface area contributed by atoms with Crippen LogP contribution in [-0.2, 0) is 11.3 Å². The van der Waals surface area contributed by atoms with Crippen LogP contribution in [-0.4, -0.2) is 16.8 Å². The Kier molecular flexibility index (Phi) is 4.37. The summed E-state index contributed by atoms with van der Waals surface area (Å²) in [6.07, 6.45) is 1.62. The fourth-order valence-electron chi connectivity index (χ4n) is 2.21. The largest absolute Gasteiger partial charge is 0.329 e. The van der Waals surface area contributed by atoms with Crippen LogP contribution in [0.2, 0.25) is 10.0 Å². The van der Waals surface area contributed by atoms with E-state index in [0.717, 1.165) is 16.0 Å². The second kappa shape index (κ2) is 6.44. The minimum atomic E-state index is -0.440. The fraction of sp³-hybridized carbons (Fsp3) is 0.0588. The van der Waals surface area contributed by atoms with Crippen LogP contribution in [0.1, 0.15) is 11.1 Å². The van der Waals surface area contributed by atoms with Crippen LogP contribution in [0.15, 0.2) is 54.2 Å². The normalized spacial score (nSPS) is 16.1. The van der Waals surface area contributed by atoms with Crippen LogP contribution in [0.25, 0.3) is 6.08 Å². The van der Waals surface area contributed by atoms with Crippen molar-refractivity contribution in [1.82, 2.24) is 10.2 Å². The van der Waals surface area contributed by atoms with Crippen molar-refractivity contribution in [2.45, 2.75) is 6.54 Å². The predicted molar refractivity (Wildman–Crippen MR) is 90.0 cm³/mol. The lowest BCUT2D eigenvalue weighted by Crippen LogP contribution is -2.30. The van der Waals surface area contributed by atoms with E-state index in [-0.39, 0.29) is 18.1 Å². The molecule has 4 nitrogen and oxygen atoms in total. The number of rotatable bonds is 3. The van der Waals surface area contributed by atoms with Crippen LogP contribution in [0, 0.1) is 0 Å². The highest BCUT2D eigenvalue weighted by molar-refractivity contribution is 6.30. The van der Waals surface area contributed by atoms with Crippen molar-refractivity contribution in [3.8, 4) is 0 Å². The van der Waals surface area contributed by atoms with Crippen molar-refractivity contribution in [3.05, 3.63) is 75.4 Å². The Morgan fingerprint density at radius 1 is 0.913 bits per heavy atom. The van der Waals surface area contributed by atoms with Crippen molar-refractivity contribution in [3.63, 3.8) is 0 Å². The SMILES string of the molecule is O=C1N/C(=C\c2ccc(Cl)cc2)C(=O)N1Cc1ccc(Cl)cc1. The molecule has 1 N–H and O–H groups in total. The van der Waals surface area contributed by atoms with Gasteiger partial charge in [-0.2, -0.15) is 0 Å². The monoisotopic (exact) mass is 346 g/mol. The molecule has 3 rings (SSSR count). The molecule has 1 fully saturated rings. The average Bonchev–Trinajstić information content (AvgIpc) is 2.79. The maximum absolute atomic E-state index is 12.4. The Balaban J connectivity index is 1.79. The second-order valence-corrected chi connectivity index (χ2v) is 5.93. The molecule has 2 aromatic carbocycles. The van der Waals surface area contributed by atoms with Gasteiger partial charge in [0, 0.05) is 10.0 Å². The van der Waals surface area contributed by atoms with E-state index < -0.39 is 6.03 Å². The van der Waals surface area contributed by atoms with E-state index in [1.165, 1.54) is 0 Å². The summed E-state index contributed by atoms with van der Waals surface area (Å²) < 4.78 is 0. The average molecular weight is 347 g/mol. The molecule has 1 heterocycles. The van der Waals surface area contributed by atoms with Crippen molar-refractivity contribution < 1.29 is 9.59 Å². The van der Waals surface area contributed by atoms with Gasteiger partial charge < -0.3 is 5.32 Å². The summed E-state index contributed by atoms with van der Waals surface area (Å²) in [5.74, 6) is -0.361. The van der Waals surface area contributed by atoms with E-state index in [1.54, 1.807) is 54.6 Å². The van der Waals surface area contributed by atoms with Crippen LogP contribution in [0.4, 0.5) is 4.79 Å². The third kappa shape index (κ3) is 3.55. The molecule has 0 atom stereocenters. The smallest absolute Gasteiger partial charge is 0.303 e. The molecule has 0 saturated carbocycles. The summed E-state index contributed by atoms with van der Waals surface area (Å²) in [5.41, 5.74) is 1.85. The first-order chi connectivity index (χ1) is 11.0. The number of carbonyl (C=O) groups is 2. The summed E-state index contributed by atoms with van der Waals surface area (Å²) in [6.45, 7) is 0.194. The van der Waals surface area contributed by atoms with Gasteiger partial charge in [-0.25, -0.2) is 4.79 Å². The van der Waals surface area contributed by atoms with Gasteiger partial charge in [-0.1, -0.05) is 47.5 Å². The van der Waals surface area contributed by atoms with E-state index >= 15 is 0 Å². The van der Waals surface area contributed by atoms with Crippen molar-refractivity contribution in [2.24, 2.45) is 0 Å². The minimum absolute atomic E-state index is 0.194. The van der Waals surface area contributed by atoms with Gasteiger partial charge in [0.1, 0.15) is 5.70 Å². The molecule has 2 aromatic rings. The van der Waals surface area contributed by atoms with Gasteiger partial charge >= 0.3 is 6.03 Å². The molecule has 23 heavy (non-hydrogen) atoms. The molecule has 0 bridgehead atoms. The molecule has 0 spiro atoms. The first kappa shape index (κ1) is 15.6. The lowest BCUT2D eigenvalue weighted by Gasteiger charge is -2.11. The quantitative estimate of drug-likeness (QED) is 0.672. The molecule has 116 valence electrons. The van der Waals surface area contributed by atoms with E-state index in [4.69, 9.17) is 23.2 Å². The molecular weight excluding hydrogens is 335 g/mol. The Bertz CT molecular complexity index is 783. The fourth-order valence-corrected chi connectivity index (χ4v) is 2.47. The van der Waals surface area contributed by atoms with Crippen LogP contribution in [0.3, 0.4) is 0 Å². The van der Waals surface area contributed by atoms with Gasteiger partial charge in [0.15, 0.2) is 0 Å². The minimum Gasteiger partial charge on any atom is -0.303 e. The molecule has 0 aromatic heterocycles. The zero-order valence-electron chi connectivity index (χ0n) is 11.9. The first-order valence-electron chi connectivity index (χ1n) is 6.87. The number of hydrogen-bond acceptors (Lipinski definition) is 2. The summed E-state index contributed by atoms with van der Waals surface area (Å²) in [6, 6.07) is 13.6. The van der Waals surface area contributed by atoms with Crippen molar-refractivity contribution >= 4 is 41.2 Å². The zero-order chi connectivity index (χ0) is 16.4.